The molecule has 1 aliphatic rings. The Morgan fingerprint density at radius 3 is 2.68 bits per heavy atom. The minimum Gasteiger partial charge on any atom is -0.381 e. The van der Waals surface area contributed by atoms with Crippen LogP contribution in [0.25, 0.3) is 10.6 Å². The number of hydrogen-bond donors (Lipinski definition) is 3. The van der Waals surface area contributed by atoms with E-state index in [9.17, 15) is 19.1 Å². The van der Waals surface area contributed by atoms with Crippen LogP contribution in [0, 0.1) is 12.7 Å². The van der Waals surface area contributed by atoms with Gasteiger partial charge in [-0.15, -0.1) is 11.3 Å². The zero-order chi connectivity index (χ0) is 22.0. The maximum absolute atomic E-state index is 13.4. The van der Waals surface area contributed by atoms with Gasteiger partial charge in [-0.25, -0.2) is 9.18 Å². The predicted molar refractivity (Wildman–Crippen MR) is 115 cm³/mol. The first kappa shape index (κ1) is 21.1. The van der Waals surface area contributed by atoms with Gasteiger partial charge >= 0.3 is 6.03 Å². The summed E-state index contributed by atoms with van der Waals surface area (Å²) in [5, 5.41) is 15.1. The number of nitrogens with one attached hydrogen (secondary N) is 2. The summed E-state index contributed by atoms with van der Waals surface area (Å²) in [5.74, 6) is -0.822. The van der Waals surface area contributed by atoms with E-state index in [2.05, 4.69) is 15.6 Å². The standard InChI is InChI=1S/C22H21FN4O3S/c1-14-10-16(23)6-5-15(14)11-27(13-28)12-22(20(29)25-21(30)26-22)19-8-7-18(31-19)17-4-2-3-9-24-17/h2-10,28H,11-13H2,1H3,(H2,25,26,29,30)/t22-/m0/s1. The third-order valence-electron chi connectivity index (χ3n) is 5.24. The van der Waals surface area contributed by atoms with Gasteiger partial charge in [0, 0.05) is 24.2 Å². The van der Waals surface area contributed by atoms with E-state index < -0.39 is 17.5 Å². The number of pyridine rings is 1. The number of aliphatic hydroxyl groups is 1. The molecule has 1 atom stereocenters. The molecule has 0 aliphatic carbocycles. The lowest BCUT2D eigenvalue weighted by molar-refractivity contribution is -0.125. The van der Waals surface area contributed by atoms with Crippen LogP contribution in [-0.4, -0.2) is 40.2 Å². The fourth-order valence-corrected chi connectivity index (χ4v) is 4.75. The molecule has 1 aliphatic heterocycles. The highest BCUT2D eigenvalue weighted by atomic mass is 32.1. The van der Waals surface area contributed by atoms with Crippen LogP contribution in [0.4, 0.5) is 9.18 Å². The normalized spacial score (nSPS) is 18.3. The molecular formula is C22H21FN4O3S. The molecule has 9 heteroatoms. The van der Waals surface area contributed by atoms with Crippen molar-refractivity contribution in [3.8, 4) is 10.6 Å². The number of carbonyl (C=O) groups excluding carboxylic acids is 2. The Bertz CT molecular complexity index is 1120. The van der Waals surface area contributed by atoms with Gasteiger partial charge in [0.2, 0.25) is 0 Å². The van der Waals surface area contributed by atoms with Crippen LogP contribution < -0.4 is 10.6 Å². The van der Waals surface area contributed by atoms with Gasteiger partial charge in [-0.3, -0.25) is 20.0 Å². The van der Waals surface area contributed by atoms with Crippen LogP contribution >= 0.6 is 11.3 Å². The van der Waals surface area contributed by atoms with Crippen LogP contribution in [0.15, 0.2) is 54.7 Å². The van der Waals surface area contributed by atoms with Gasteiger partial charge in [0.25, 0.3) is 5.91 Å². The second-order valence-electron chi connectivity index (χ2n) is 7.39. The number of aryl methyl sites for hydroxylation is 1. The van der Waals surface area contributed by atoms with Crippen molar-refractivity contribution in [2.45, 2.75) is 19.0 Å². The molecule has 3 aromatic rings. The molecule has 1 saturated heterocycles. The van der Waals surface area contributed by atoms with E-state index in [1.54, 1.807) is 30.2 Å². The Balaban J connectivity index is 1.66. The molecule has 1 fully saturated rings. The first-order chi connectivity index (χ1) is 14.9. The number of thiophene rings is 1. The summed E-state index contributed by atoms with van der Waals surface area (Å²) in [5.41, 5.74) is 0.960. The van der Waals surface area contributed by atoms with E-state index in [-0.39, 0.29) is 25.6 Å². The van der Waals surface area contributed by atoms with Crippen LogP contribution in [0.1, 0.15) is 16.0 Å². The molecular weight excluding hydrogens is 419 g/mol. The average Bonchev–Trinajstić information content (AvgIpc) is 3.35. The highest BCUT2D eigenvalue weighted by Gasteiger charge is 2.49. The Morgan fingerprint density at radius 1 is 1.19 bits per heavy atom. The zero-order valence-corrected chi connectivity index (χ0v) is 17.6. The van der Waals surface area contributed by atoms with Gasteiger partial charge in [-0.2, -0.15) is 0 Å². The molecule has 1 aromatic carbocycles. The third kappa shape index (κ3) is 4.20. The minimum atomic E-state index is -1.36. The summed E-state index contributed by atoms with van der Waals surface area (Å²) in [6.07, 6.45) is 1.69. The lowest BCUT2D eigenvalue weighted by Gasteiger charge is -2.31. The Hall–Kier alpha value is -3.14. The molecule has 3 amide bonds. The van der Waals surface area contributed by atoms with Gasteiger partial charge in [0.1, 0.15) is 5.82 Å². The Labute approximate surface area is 182 Å². The van der Waals surface area contributed by atoms with Crippen LogP contribution in [-0.2, 0) is 16.9 Å². The number of carbonyl (C=O) groups is 2. The van der Waals surface area contributed by atoms with E-state index in [0.717, 1.165) is 21.7 Å². The molecule has 31 heavy (non-hydrogen) atoms. The smallest absolute Gasteiger partial charge is 0.322 e. The third-order valence-corrected chi connectivity index (χ3v) is 6.51. The van der Waals surface area contributed by atoms with Crippen LogP contribution in [0.5, 0.6) is 0 Å². The summed E-state index contributed by atoms with van der Waals surface area (Å²) in [4.78, 5) is 32.4. The van der Waals surface area contributed by atoms with E-state index in [1.807, 2.05) is 24.3 Å². The first-order valence-electron chi connectivity index (χ1n) is 9.65. The number of benzene rings is 1. The average molecular weight is 441 g/mol. The summed E-state index contributed by atoms with van der Waals surface area (Å²) in [6, 6.07) is 13.0. The number of rotatable bonds is 7. The fraction of sp³-hybridized carbons (Fsp3) is 0.227. The molecule has 7 nitrogen and oxygen atoms in total. The van der Waals surface area contributed by atoms with E-state index in [4.69, 9.17) is 0 Å². The van der Waals surface area contributed by atoms with E-state index in [1.165, 1.54) is 23.5 Å². The van der Waals surface area contributed by atoms with E-state index in [0.29, 0.717) is 4.88 Å². The lowest BCUT2D eigenvalue weighted by Crippen LogP contribution is -2.52. The van der Waals surface area contributed by atoms with Crippen molar-refractivity contribution in [3.05, 3.63) is 76.5 Å². The fourth-order valence-electron chi connectivity index (χ4n) is 3.64. The van der Waals surface area contributed by atoms with Gasteiger partial charge in [0.05, 0.1) is 17.3 Å². The SMILES string of the molecule is Cc1cc(F)ccc1CN(CO)C[C@@]1(c2ccc(-c3ccccn3)s2)NC(=O)NC1=O. The van der Waals surface area contributed by atoms with Crippen molar-refractivity contribution in [2.75, 3.05) is 13.3 Å². The van der Waals surface area contributed by atoms with Crippen molar-refractivity contribution in [1.29, 1.82) is 0 Å². The molecule has 3 N–H and O–H groups in total. The van der Waals surface area contributed by atoms with E-state index >= 15 is 0 Å². The summed E-state index contributed by atoms with van der Waals surface area (Å²) >= 11 is 1.36. The van der Waals surface area contributed by atoms with Crippen LogP contribution in [0.3, 0.4) is 0 Å². The minimum absolute atomic E-state index is 0.0417. The molecule has 2 aromatic heterocycles. The maximum Gasteiger partial charge on any atom is 0.322 e. The summed E-state index contributed by atoms with van der Waals surface area (Å²) in [7, 11) is 0. The molecule has 160 valence electrons. The van der Waals surface area contributed by atoms with Gasteiger partial charge in [-0.1, -0.05) is 12.1 Å². The topological polar surface area (TPSA) is 94.6 Å². The molecule has 0 bridgehead atoms. The molecule has 0 spiro atoms. The number of aromatic nitrogens is 1. The van der Waals surface area contributed by atoms with Gasteiger partial charge in [0.15, 0.2) is 5.54 Å². The van der Waals surface area contributed by atoms with Crippen molar-refractivity contribution >= 4 is 23.3 Å². The number of hydrogen-bond acceptors (Lipinski definition) is 6. The van der Waals surface area contributed by atoms with Crippen molar-refractivity contribution in [3.63, 3.8) is 0 Å². The Kier molecular flexibility index (Phi) is 5.81. The van der Waals surface area contributed by atoms with Crippen molar-refractivity contribution < 1.29 is 19.1 Å². The second-order valence-corrected chi connectivity index (χ2v) is 8.48. The number of halogens is 1. The van der Waals surface area contributed by atoms with Gasteiger partial charge < -0.3 is 10.4 Å². The number of imide groups is 1. The van der Waals surface area contributed by atoms with Crippen LogP contribution in [0.2, 0.25) is 0 Å². The second kappa shape index (κ2) is 8.54. The Morgan fingerprint density at radius 2 is 2.03 bits per heavy atom. The number of urea groups is 1. The van der Waals surface area contributed by atoms with Crippen molar-refractivity contribution in [1.82, 2.24) is 20.5 Å². The molecule has 4 rings (SSSR count). The predicted octanol–water partition coefficient (Wildman–Crippen LogP) is 2.74. The lowest BCUT2D eigenvalue weighted by atomic mass is 9.96. The molecule has 0 radical (unpaired) electrons. The summed E-state index contributed by atoms with van der Waals surface area (Å²) < 4.78 is 13.4. The van der Waals surface area contributed by atoms with Gasteiger partial charge in [-0.05, 0) is 54.4 Å². The molecule has 3 heterocycles. The number of aliphatic hydroxyl groups excluding tert-OH is 1. The monoisotopic (exact) mass is 440 g/mol. The number of amides is 3. The maximum atomic E-state index is 13.4. The highest BCUT2D eigenvalue weighted by Crippen LogP contribution is 2.36. The highest BCUT2D eigenvalue weighted by molar-refractivity contribution is 7.15. The molecule has 0 unspecified atom stereocenters. The quantitative estimate of drug-likeness (QED) is 0.388. The molecule has 0 saturated carbocycles. The largest absolute Gasteiger partial charge is 0.381 e. The number of nitrogens with zero attached hydrogens (tertiary/aromatic N) is 2. The first-order valence-corrected chi connectivity index (χ1v) is 10.5. The van der Waals surface area contributed by atoms with Crippen molar-refractivity contribution in [2.24, 2.45) is 0 Å². The summed E-state index contributed by atoms with van der Waals surface area (Å²) in [6.45, 7) is 1.76. The zero-order valence-electron chi connectivity index (χ0n) is 16.8.